The van der Waals surface area contributed by atoms with E-state index in [4.69, 9.17) is 5.73 Å². The van der Waals surface area contributed by atoms with Gasteiger partial charge < -0.3 is 5.73 Å². The maximum atomic E-state index is 12.2. The molecule has 0 amide bonds. The van der Waals surface area contributed by atoms with Gasteiger partial charge in [0, 0.05) is 11.5 Å². The summed E-state index contributed by atoms with van der Waals surface area (Å²) < 4.78 is 36.7. The van der Waals surface area contributed by atoms with Gasteiger partial charge in [0.25, 0.3) is 0 Å². The van der Waals surface area contributed by atoms with Crippen molar-refractivity contribution in [1.29, 1.82) is 0 Å². The third-order valence-electron chi connectivity index (χ3n) is 1.43. The second-order valence-electron chi connectivity index (χ2n) is 2.41. The van der Waals surface area contributed by atoms with Crippen LogP contribution in [0.15, 0.2) is 12.3 Å². The molecule has 6 heteroatoms. The summed E-state index contributed by atoms with van der Waals surface area (Å²) in [5.41, 5.74) is 4.64. The molecule has 0 aromatic carbocycles. The zero-order valence-electron chi connectivity index (χ0n) is 6.40. The minimum Gasteiger partial charge on any atom is -0.383 e. The molecule has 0 aliphatic carbocycles. The van der Waals surface area contributed by atoms with Gasteiger partial charge in [-0.05, 0) is 11.6 Å². The second kappa shape index (κ2) is 3.53. The lowest BCUT2D eigenvalue weighted by Crippen LogP contribution is -2.10. The largest absolute Gasteiger partial charge is 0.419 e. The molecule has 0 saturated heterocycles. The molecule has 1 heterocycles. The highest BCUT2D eigenvalue weighted by Gasteiger charge is 2.33. The molecule has 0 unspecified atom stereocenters. The lowest BCUT2D eigenvalue weighted by Gasteiger charge is -2.09. The second-order valence-corrected chi connectivity index (χ2v) is 2.97. The molecule has 1 aromatic heterocycles. The predicted octanol–water partition coefficient (Wildman–Crippen LogP) is 2.58. The van der Waals surface area contributed by atoms with E-state index in [-0.39, 0.29) is 0 Å². The number of anilines is 1. The summed E-state index contributed by atoms with van der Waals surface area (Å²) in [5.74, 6) is -0.489. The SMILES string of the molecule is Nc1ncc(CBr)cc1C(F)(F)F. The summed E-state index contributed by atoms with van der Waals surface area (Å²) in [7, 11) is 0. The van der Waals surface area contributed by atoms with E-state index in [2.05, 4.69) is 20.9 Å². The van der Waals surface area contributed by atoms with E-state index in [0.717, 1.165) is 6.07 Å². The molecule has 72 valence electrons. The molecule has 0 spiro atoms. The van der Waals surface area contributed by atoms with Crippen molar-refractivity contribution >= 4 is 21.7 Å². The van der Waals surface area contributed by atoms with Crippen LogP contribution < -0.4 is 5.73 Å². The Morgan fingerprint density at radius 1 is 1.46 bits per heavy atom. The molecule has 0 aliphatic heterocycles. The van der Waals surface area contributed by atoms with Crippen LogP contribution in [0.5, 0.6) is 0 Å². The van der Waals surface area contributed by atoms with Gasteiger partial charge in [0.1, 0.15) is 5.82 Å². The number of nitrogens with two attached hydrogens (primary N) is 1. The molecular formula is C7H6BrF3N2. The maximum Gasteiger partial charge on any atom is 0.419 e. The summed E-state index contributed by atoms with van der Waals surface area (Å²) in [6.45, 7) is 0. The number of hydrogen-bond donors (Lipinski definition) is 1. The number of nitrogens with zero attached hydrogens (tertiary/aromatic N) is 1. The van der Waals surface area contributed by atoms with Crippen molar-refractivity contribution in [2.24, 2.45) is 0 Å². The Kier molecular flexibility index (Phi) is 2.80. The number of pyridine rings is 1. The predicted molar refractivity (Wildman–Crippen MR) is 46.3 cm³/mol. The molecule has 0 radical (unpaired) electrons. The zero-order chi connectivity index (χ0) is 10.1. The Balaban J connectivity index is 3.19. The summed E-state index contributed by atoms with van der Waals surface area (Å²) >= 11 is 3.03. The fourth-order valence-electron chi connectivity index (χ4n) is 0.819. The van der Waals surface area contributed by atoms with E-state index in [1.807, 2.05) is 0 Å². The van der Waals surface area contributed by atoms with Crippen LogP contribution in [0, 0.1) is 0 Å². The first-order valence-electron chi connectivity index (χ1n) is 3.32. The van der Waals surface area contributed by atoms with E-state index in [1.54, 1.807) is 0 Å². The van der Waals surface area contributed by atoms with Crippen LogP contribution in [0.2, 0.25) is 0 Å². The maximum absolute atomic E-state index is 12.2. The quantitative estimate of drug-likeness (QED) is 0.783. The Labute approximate surface area is 81.1 Å². The molecule has 2 N–H and O–H groups in total. The molecule has 1 aromatic rings. The van der Waals surface area contributed by atoms with Gasteiger partial charge in [-0.15, -0.1) is 0 Å². The van der Waals surface area contributed by atoms with Crippen LogP contribution in [-0.4, -0.2) is 4.98 Å². The minimum absolute atomic E-state index is 0.323. The topological polar surface area (TPSA) is 38.9 Å². The zero-order valence-corrected chi connectivity index (χ0v) is 7.98. The first-order valence-corrected chi connectivity index (χ1v) is 4.45. The Morgan fingerprint density at radius 3 is 2.54 bits per heavy atom. The highest BCUT2D eigenvalue weighted by atomic mass is 79.9. The Hall–Kier alpha value is -0.780. The monoisotopic (exact) mass is 254 g/mol. The normalized spacial score (nSPS) is 11.7. The molecule has 0 atom stereocenters. The lowest BCUT2D eigenvalue weighted by atomic mass is 10.2. The van der Waals surface area contributed by atoms with Gasteiger partial charge in [-0.1, -0.05) is 15.9 Å². The van der Waals surface area contributed by atoms with E-state index in [1.165, 1.54) is 6.20 Å². The average molecular weight is 255 g/mol. The molecule has 13 heavy (non-hydrogen) atoms. The molecular weight excluding hydrogens is 249 g/mol. The first-order chi connectivity index (χ1) is 5.95. The number of aromatic nitrogens is 1. The van der Waals surface area contributed by atoms with E-state index >= 15 is 0 Å². The van der Waals surface area contributed by atoms with Crippen molar-refractivity contribution in [2.45, 2.75) is 11.5 Å². The van der Waals surface area contributed by atoms with E-state index < -0.39 is 17.6 Å². The van der Waals surface area contributed by atoms with Crippen molar-refractivity contribution in [2.75, 3.05) is 5.73 Å². The van der Waals surface area contributed by atoms with Crippen molar-refractivity contribution in [1.82, 2.24) is 4.98 Å². The van der Waals surface area contributed by atoms with Gasteiger partial charge in [0.2, 0.25) is 0 Å². The Morgan fingerprint density at radius 2 is 2.08 bits per heavy atom. The molecule has 0 fully saturated rings. The lowest BCUT2D eigenvalue weighted by molar-refractivity contribution is -0.137. The number of halogens is 4. The van der Waals surface area contributed by atoms with Gasteiger partial charge in [-0.25, -0.2) is 4.98 Å². The highest BCUT2D eigenvalue weighted by Crippen LogP contribution is 2.33. The van der Waals surface area contributed by atoms with Crippen LogP contribution in [0.3, 0.4) is 0 Å². The first kappa shape index (κ1) is 10.3. The summed E-state index contributed by atoms with van der Waals surface area (Å²) in [4.78, 5) is 3.44. The summed E-state index contributed by atoms with van der Waals surface area (Å²) in [6, 6.07) is 0.983. The van der Waals surface area contributed by atoms with Gasteiger partial charge in [0.15, 0.2) is 0 Å². The number of nitrogen functional groups attached to an aromatic ring is 1. The Bertz CT molecular complexity index is 311. The fourth-order valence-corrected chi connectivity index (χ4v) is 1.13. The summed E-state index contributed by atoms with van der Waals surface area (Å²) in [6.07, 6.45) is -3.13. The van der Waals surface area contributed by atoms with Crippen molar-refractivity contribution in [3.8, 4) is 0 Å². The van der Waals surface area contributed by atoms with Crippen molar-refractivity contribution < 1.29 is 13.2 Å². The van der Waals surface area contributed by atoms with Crippen LogP contribution in [0.25, 0.3) is 0 Å². The van der Waals surface area contributed by atoms with Crippen LogP contribution in [-0.2, 0) is 11.5 Å². The van der Waals surface area contributed by atoms with Gasteiger partial charge >= 0.3 is 6.18 Å². The number of hydrogen-bond acceptors (Lipinski definition) is 2. The standard InChI is InChI=1S/C7H6BrF3N2/c8-2-4-1-5(7(9,10)11)6(12)13-3-4/h1,3H,2H2,(H2,12,13). The third-order valence-corrected chi connectivity index (χ3v) is 2.08. The fraction of sp³-hybridized carbons (Fsp3) is 0.286. The highest BCUT2D eigenvalue weighted by molar-refractivity contribution is 9.08. The van der Waals surface area contributed by atoms with Crippen molar-refractivity contribution in [3.05, 3.63) is 23.4 Å². The average Bonchev–Trinajstić information content (AvgIpc) is 2.03. The van der Waals surface area contributed by atoms with Crippen LogP contribution >= 0.6 is 15.9 Å². The number of rotatable bonds is 1. The third kappa shape index (κ3) is 2.33. The molecule has 0 aliphatic rings. The smallest absolute Gasteiger partial charge is 0.383 e. The summed E-state index contributed by atoms with van der Waals surface area (Å²) in [5, 5.41) is 0.323. The molecule has 1 rings (SSSR count). The molecule has 0 bridgehead atoms. The van der Waals surface area contributed by atoms with Crippen LogP contribution in [0.1, 0.15) is 11.1 Å². The number of alkyl halides is 4. The van der Waals surface area contributed by atoms with Gasteiger partial charge in [-0.3, -0.25) is 0 Å². The minimum atomic E-state index is -4.44. The van der Waals surface area contributed by atoms with Gasteiger partial charge in [-0.2, -0.15) is 13.2 Å². The van der Waals surface area contributed by atoms with E-state index in [0.29, 0.717) is 10.9 Å². The molecule has 2 nitrogen and oxygen atoms in total. The molecule has 0 saturated carbocycles. The van der Waals surface area contributed by atoms with Gasteiger partial charge in [0.05, 0.1) is 5.56 Å². The van der Waals surface area contributed by atoms with E-state index in [9.17, 15) is 13.2 Å². The van der Waals surface area contributed by atoms with Crippen LogP contribution in [0.4, 0.5) is 19.0 Å². The van der Waals surface area contributed by atoms with Crippen molar-refractivity contribution in [3.63, 3.8) is 0 Å².